The Labute approximate surface area is 96.1 Å². The van der Waals surface area contributed by atoms with Gasteiger partial charge in [-0.25, -0.2) is 4.39 Å². The van der Waals surface area contributed by atoms with Crippen LogP contribution in [0.1, 0.15) is 17.5 Å². The van der Waals surface area contributed by atoms with Gasteiger partial charge in [-0.15, -0.1) is 0 Å². The van der Waals surface area contributed by atoms with Crippen molar-refractivity contribution in [2.24, 2.45) is 0 Å². The topological polar surface area (TPSA) is 12.0 Å². The fourth-order valence-corrected chi connectivity index (χ4v) is 1.87. The van der Waals surface area contributed by atoms with E-state index < -0.39 is 17.6 Å². The molecule has 92 valence electrons. The Bertz CT molecular complexity index is 448. The van der Waals surface area contributed by atoms with Crippen LogP contribution >= 0.6 is 0 Å². The monoisotopic (exact) mass is 245 g/mol. The molecular formula is C12H11F4N. The molecule has 1 heterocycles. The van der Waals surface area contributed by atoms with Crippen LogP contribution in [0.4, 0.5) is 17.6 Å². The zero-order chi connectivity index (χ0) is 12.5. The van der Waals surface area contributed by atoms with Crippen molar-refractivity contribution in [1.29, 1.82) is 0 Å². The number of benzene rings is 1. The van der Waals surface area contributed by atoms with E-state index in [2.05, 4.69) is 5.32 Å². The highest BCUT2D eigenvalue weighted by atomic mass is 19.4. The molecule has 1 aromatic carbocycles. The lowest BCUT2D eigenvalue weighted by Gasteiger charge is -2.17. The van der Waals surface area contributed by atoms with Gasteiger partial charge < -0.3 is 5.32 Å². The van der Waals surface area contributed by atoms with Gasteiger partial charge in [0.25, 0.3) is 0 Å². The number of hydrogen-bond donors (Lipinski definition) is 1. The summed E-state index contributed by atoms with van der Waals surface area (Å²) in [6.45, 7) is 1.21. The first kappa shape index (κ1) is 12.1. The van der Waals surface area contributed by atoms with Gasteiger partial charge in [-0.1, -0.05) is 18.2 Å². The molecule has 0 atom stereocenters. The van der Waals surface area contributed by atoms with Crippen LogP contribution in [0.2, 0.25) is 0 Å². The van der Waals surface area contributed by atoms with E-state index in [0.717, 1.165) is 6.07 Å². The molecule has 1 N–H and O–H groups in total. The lowest BCUT2D eigenvalue weighted by Crippen LogP contribution is -2.20. The van der Waals surface area contributed by atoms with Gasteiger partial charge in [-0.2, -0.15) is 13.2 Å². The summed E-state index contributed by atoms with van der Waals surface area (Å²) in [6, 6.07) is 3.40. The molecule has 0 fully saturated rings. The highest BCUT2D eigenvalue weighted by molar-refractivity contribution is 5.67. The summed E-state index contributed by atoms with van der Waals surface area (Å²) in [5, 5.41) is 3.03. The normalized spacial score (nSPS) is 16.8. The van der Waals surface area contributed by atoms with Crippen molar-refractivity contribution in [3.8, 4) is 0 Å². The minimum Gasteiger partial charge on any atom is -0.313 e. The second-order valence-corrected chi connectivity index (χ2v) is 3.85. The van der Waals surface area contributed by atoms with Crippen LogP contribution in [-0.2, 0) is 6.18 Å². The lowest BCUT2D eigenvalue weighted by atomic mass is 9.97. The van der Waals surface area contributed by atoms with Crippen LogP contribution in [0.5, 0.6) is 0 Å². The maximum absolute atomic E-state index is 13.8. The van der Waals surface area contributed by atoms with E-state index >= 15 is 0 Å². The standard InChI is InChI=1S/C12H11F4N/c13-11-9(8-4-6-17-7-5-8)2-1-3-10(11)12(14,15)16/h1-4,17H,5-7H2. The first-order chi connectivity index (χ1) is 8.00. The molecular weight excluding hydrogens is 234 g/mol. The van der Waals surface area contributed by atoms with Gasteiger partial charge in [0.05, 0.1) is 5.56 Å². The van der Waals surface area contributed by atoms with Gasteiger partial charge in [0, 0.05) is 12.1 Å². The summed E-state index contributed by atoms with van der Waals surface area (Å²) in [5.41, 5.74) is -0.511. The largest absolute Gasteiger partial charge is 0.419 e. The average molecular weight is 245 g/mol. The molecule has 0 amide bonds. The zero-order valence-electron chi connectivity index (χ0n) is 8.94. The molecule has 0 radical (unpaired) electrons. The molecule has 17 heavy (non-hydrogen) atoms. The van der Waals surface area contributed by atoms with E-state index in [1.54, 1.807) is 6.08 Å². The molecule has 1 nitrogen and oxygen atoms in total. The maximum atomic E-state index is 13.8. The van der Waals surface area contributed by atoms with Gasteiger partial charge in [-0.05, 0) is 24.6 Å². The number of hydrogen-bond acceptors (Lipinski definition) is 1. The van der Waals surface area contributed by atoms with E-state index in [-0.39, 0.29) is 5.56 Å². The van der Waals surface area contributed by atoms with E-state index in [0.29, 0.717) is 25.1 Å². The van der Waals surface area contributed by atoms with Crippen LogP contribution in [0.25, 0.3) is 5.57 Å². The first-order valence-electron chi connectivity index (χ1n) is 5.26. The van der Waals surface area contributed by atoms with Gasteiger partial charge in [0.15, 0.2) is 0 Å². The van der Waals surface area contributed by atoms with Crippen molar-refractivity contribution in [2.75, 3.05) is 13.1 Å². The highest BCUT2D eigenvalue weighted by Crippen LogP contribution is 2.34. The van der Waals surface area contributed by atoms with Crippen molar-refractivity contribution in [3.63, 3.8) is 0 Å². The molecule has 0 aromatic heterocycles. The number of rotatable bonds is 1. The molecule has 5 heteroatoms. The number of halogens is 4. The van der Waals surface area contributed by atoms with Gasteiger partial charge in [-0.3, -0.25) is 0 Å². The Morgan fingerprint density at radius 3 is 2.53 bits per heavy atom. The third-order valence-corrected chi connectivity index (χ3v) is 2.71. The maximum Gasteiger partial charge on any atom is 0.419 e. The van der Waals surface area contributed by atoms with Crippen LogP contribution in [0, 0.1) is 5.82 Å². The Kier molecular flexibility index (Phi) is 3.19. The Hall–Kier alpha value is -1.36. The van der Waals surface area contributed by atoms with E-state index in [1.165, 1.54) is 12.1 Å². The van der Waals surface area contributed by atoms with E-state index in [4.69, 9.17) is 0 Å². The second-order valence-electron chi connectivity index (χ2n) is 3.85. The van der Waals surface area contributed by atoms with Crippen molar-refractivity contribution >= 4 is 5.57 Å². The molecule has 0 saturated heterocycles. The average Bonchev–Trinajstić information content (AvgIpc) is 2.29. The predicted octanol–water partition coefficient (Wildman–Crippen LogP) is 3.22. The quantitative estimate of drug-likeness (QED) is 0.749. The van der Waals surface area contributed by atoms with E-state index in [1.807, 2.05) is 0 Å². The summed E-state index contributed by atoms with van der Waals surface area (Å²) in [7, 11) is 0. The van der Waals surface area contributed by atoms with E-state index in [9.17, 15) is 17.6 Å². The minimum absolute atomic E-state index is 0.0568. The summed E-state index contributed by atoms with van der Waals surface area (Å²) < 4.78 is 51.3. The second kappa shape index (κ2) is 4.49. The number of alkyl halides is 3. The molecule has 1 aliphatic rings. The molecule has 0 saturated carbocycles. The molecule has 2 rings (SSSR count). The lowest BCUT2D eigenvalue weighted by molar-refractivity contribution is -0.140. The summed E-state index contributed by atoms with van der Waals surface area (Å²) >= 11 is 0. The molecule has 0 bridgehead atoms. The fraction of sp³-hybridized carbons (Fsp3) is 0.333. The predicted molar refractivity (Wildman–Crippen MR) is 56.9 cm³/mol. The van der Waals surface area contributed by atoms with Crippen LogP contribution < -0.4 is 5.32 Å². The third kappa shape index (κ3) is 2.49. The minimum atomic E-state index is -4.65. The Balaban J connectivity index is 2.46. The Morgan fingerprint density at radius 2 is 1.94 bits per heavy atom. The fourth-order valence-electron chi connectivity index (χ4n) is 1.87. The molecule has 1 aliphatic heterocycles. The molecule has 0 spiro atoms. The number of nitrogens with one attached hydrogen (secondary N) is 1. The van der Waals surface area contributed by atoms with Crippen LogP contribution in [-0.4, -0.2) is 13.1 Å². The highest BCUT2D eigenvalue weighted by Gasteiger charge is 2.35. The van der Waals surface area contributed by atoms with Crippen molar-refractivity contribution in [3.05, 3.63) is 41.2 Å². The van der Waals surface area contributed by atoms with Gasteiger partial charge in [0.2, 0.25) is 0 Å². The smallest absolute Gasteiger partial charge is 0.313 e. The summed E-state index contributed by atoms with van der Waals surface area (Å²) in [5.74, 6) is -1.17. The van der Waals surface area contributed by atoms with Gasteiger partial charge in [0.1, 0.15) is 5.82 Å². The van der Waals surface area contributed by atoms with Crippen molar-refractivity contribution < 1.29 is 17.6 Å². The summed E-state index contributed by atoms with van der Waals surface area (Å²) in [6.07, 6.45) is -2.38. The first-order valence-corrected chi connectivity index (χ1v) is 5.26. The molecule has 0 aliphatic carbocycles. The van der Waals surface area contributed by atoms with Crippen LogP contribution in [0.3, 0.4) is 0 Å². The SMILES string of the molecule is Fc1c(C2=CCNCC2)cccc1C(F)(F)F. The zero-order valence-corrected chi connectivity index (χ0v) is 8.94. The van der Waals surface area contributed by atoms with Gasteiger partial charge >= 0.3 is 6.18 Å². The molecule has 0 unspecified atom stereocenters. The molecule has 1 aromatic rings. The third-order valence-electron chi connectivity index (χ3n) is 2.71. The van der Waals surface area contributed by atoms with Crippen molar-refractivity contribution in [1.82, 2.24) is 5.32 Å². The Morgan fingerprint density at radius 1 is 1.18 bits per heavy atom. The summed E-state index contributed by atoms with van der Waals surface area (Å²) in [4.78, 5) is 0. The van der Waals surface area contributed by atoms with Crippen molar-refractivity contribution in [2.45, 2.75) is 12.6 Å². The van der Waals surface area contributed by atoms with Crippen LogP contribution in [0.15, 0.2) is 24.3 Å².